The fourth-order valence-corrected chi connectivity index (χ4v) is 1.31. The van der Waals surface area contributed by atoms with Crippen molar-refractivity contribution in [3.63, 3.8) is 0 Å². The van der Waals surface area contributed by atoms with Gasteiger partial charge in [-0.25, -0.2) is 4.98 Å². The van der Waals surface area contributed by atoms with Crippen molar-refractivity contribution < 1.29 is 4.74 Å². The molecule has 1 aromatic heterocycles. The highest BCUT2D eigenvalue weighted by atomic mass is 16.5. The predicted molar refractivity (Wildman–Crippen MR) is 39.9 cm³/mol. The molecule has 0 radical (unpaired) electrons. The van der Waals surface area contributed by atoms with Gasteiger partial charge < -0.3 is 15.5 Å². The Morgan fingerprint density at radius 1 is 1.73 bits per heavy atom. The minimum atomic E-state index is -0.372. The van der Waals surface area contributed by atoms with E-state index in [0.29, 0.717) is 6.61 Å². The van der Waals surface area contributed by atoms with Gasteiger partial charge in [-0.3, -0.25) is 0 Å². The van der Waals surface area contributed by atoms with Gasteiger partial charge in [-0.05, 0) is 6.42 Å². The molecule has 11 heavy (non-hydrogen) atoms. The van der Waals surface area contributed by atoms with Crippen LogP contribution in [0.3, 0.4) is 0 Å². The average molecular weight is 153 g/mol. The van der Waals surface area contributed by atoms with Crippen molar-refractivity contribution in [1.29, 1.82) is 0 Å². The van der Waals surface area contributed by atoms with E-state index in [0.717, 1.165) is 18.9 Å². The molecule has 4 heteroatoms. The van der Waals surface area contributed by atoms with E-state index in [1.807, 2.05) is 0 Å². The number of H-pyrrole nitrogens is 1. The molecule has 1 atom stereocenters. The molecule has 0 spiro atoms. The smallest absolute Gasteiger partial charge is 0.128 e. The fourth-order valence-electron chi connectivity index (χ4n) is 1.31. The maximum absolute atomic E-state index is 6.01. The van der Waals surface area contributed by atoms with Gasteiger partial charge in [0.1, 0.15) is 11.4 Å². The van der Waals surface area contributed by atoms with Gasteiger partial charge in [-0.1, -0.05) is 0 Å². The molecule has 0 saturated carbocycles. The molecule has 1 aliphatic heterocycles. The second kappa shape index (κ2) is 2.32. The summed E-state index contributed by atoms with van der Waals surface area (Å²) in [6.07, 6.45) is 4.34. The van der Waals surface area contributed by atoms with Crippen LogP contribution in [0.25, 0.3) is 0 Å². The van der Waals surface area contributed by atoms with Gasteiger partial charge in [0, 0.05) is 19.0 Å². The highest BCUT2D eigenvalue weighted by Gasteiger charge is 2.34. The summed E-state index contributed by atoms with van der Waals surface area (Å²) in [6.45, 7) is 1.30. The maximum atomic E-state index is 6.01. The molecule has 1 aliphatic rings. The van der Waals surface area contributed by atoms with E-state index in [1.54, 1.807) is 12.4 Å². The fraction of sp³-hybridized carbons (Fsp3) is 0.571. The van der Waals surface area contributed by atoms with Crippen LogP contribution in [0, 0.1) is 0 Å². The van der Waals surface area contributed by atoms with Crippen LogP contribution < -0.4 is 5.73 Å². The van der Waals surface area contributed by atoms with Crippen LogP contribution in [0.5, 0.6) is 0 Å². The van der Waals surface area contributed by atoms with Gasteiger partial charge >= 0.3 is 0 Å². The molecule has 4 nitrogen and oxygen atoms in total. The van der Waals surface area contributed by atoms with Crippen molar-refractivity contribution in [2.24, 2.45) is 5.73 Å². The SMILES string of the molecule is N[C@@]1(c2ncc[nH]2)CCOC1. The Balaban J connectivity index is 2.27. The first-order valence-corrected chi connectivity index (χ1v) is 3.68. The molecule has 0 aliphatic carbocycles. The van der Waals surface area contributed by atoms with Crippen LogP contribution in [0.2, 0.25) is 0 Å². The first-order valence-electron chi connectivity index (χ1n) is 3.68. The van der Waals surface area contributed by atoms with Crippen LogP contribution in [0.15, 0.2) is 12.4 Å². The summed E-state index contributed by atoms with van der Waals surface area (Å²) >= 11 is 0. The first kappa shape index (κ1) is 6.82. The zero-order chi connectivity index (χ0) is 7.73. The monoisotopic (exact) mass is 153 g/mol. The summed E-state index contributed by atoms with van der Waals surface area (Å²) in [7, 11) is 0. The molecule has 2 rings (SSSR count). The number of rotatable bonds is 1. The van der Waals surface area contributed by atoms with E-state index in [9.17, 15) is 0 Å². The van der Waals surface area contributed by atoms with Crippen LogP contribution in [0.1, 0.15) is 12.2 Å². The van der Waals surface area contributed by atoms with Gasteiger partial charge in [-0.2, -0.15) is 0 Å². The average Bonchev–Trinajstić information content (AvgIpc) is 2.55. The van der Waals surface area contributed by atoms with Crippen molar-refractivity contribution in [1.82, 2.24) is 9.97 Å². The lowest BCUT2D eigenvalue weighted by molar-refractivity contribution is 0.176. The largest absolute Gasteiger partial charge is 0.379 e. The lowest BCUT2D eigenvalue weighted by Gasteiger charge is -2.17. The summed E-state index contributed by atoms with van der Waals surface area (Å²) in [5, 5.41) is 0. The first-order chi connectivity index (χ1) is 5.31. The Labute approximate surface area is 64.8 Å². The molecule has 1 fully saturated rings. The summed E-state index contributed by atoms with van der Waals surface area (Å²) < 4.78 is 5.20. The third-order valence-electron chi connectivity index (χ3n) is 2.02. The Morgan fingerprint density at radius 3 is 3.18 bits per heavy atom. The number of nitrogens with two attached hydrogens (primary N) is 1. The highest BCUT2D eigenvalue weighted by Crippen LogP contribution is 2.23. The molecule has 0 amide bonds. The molecule has 1 saturated heterocycles. The van der Waals surface area contributed by atoms with E-state index in [4.69, 9.17) is 10.5 Å². The summed E-state index contributed by atoms with van der Waals surface area (Å²) in [6, 6.07) is 0. The third-order valence-corrected chi connectivity index (χ3v) is 2.02. The van der Waals surface area contributed by atoms with Crippen LogP contribution >= 0.6 is 0 Å². The minimum absolute atomic E-state index is 0.372. The molecular weight excluding hydrogens is 142 g/mol. The predicted octanol–water partition coefficient (Wildman–Crippen LogP) is -0.0160. The number of nitrogens with zero attached hydrogens (tertiary/aromatic N) is 1. The number of aromatic nitrogens is 2. The van der Waals surface area contributed by atoms with Gasteiger partial charge in [0.2, 0.25) is 0 Å². The Morgan fingerprint density at radius 2 is 2.64 bits per heavy atom. The third kappa shape index (κ3) is 1.04. The number of imidazole rings is 1. The lowest BCUT2D eigenvalue weighted by Crippen LogP contribution is -2.38. The van der Waals surface area contributed by atoms with E-state index >= 15 is 0 Å². The topological polar surface area (TPSA) is 63.9 Å². The summed E-state index contributed by atoms with van der Waals surface area (Å²) in [4.78, 5) is 7.11. The second-order valence-corrected chi connectivity index (χ2v) is 2.90. The zero-order valence-corrected chi connectivity index (χ0v) is 6.21. The van der Waals surface area contributed by atoms with Gasteiger partial charge in [0.05, 0.1) is 6.61 Å². The van der Waals surface area contributed by atoms with Gasteiger partial charge in [0.15, 0.2) is 0 Å². The molecular formula is C7H11N3O. The Hall–Kier alpha value is -0.870. The molecule has 0 unspecified atom stereocenters. The Kier molecular flexibility index (Phi) is 1.44. The highest BCUT2D eigenvalue weighted by molar-refractivity contribution is 5.07. The van der Waals surface area contributed by atoms with Gasteiger partial charge in [-0.15, -0.1) is 0 Å². The van der Waals surface area contributed by atoms with Crippen LogP contribution in [-0.4, -0.2) is 23.2 Å². The standard InChI is InChI=1S/C7H11N3O/c8-7(1-4-11-5-7)6-9-2-3-10-6/h2-3H,1,4-5,8H2,(H,9,10)/t7-/m0/s1. The number of ether oxygens (including phenoxy) is 1. The number of nitrogens with one attached hydrogen (secondary N) is 1. The molecule has 0 aromatic carbocycles. The lowest BCUT2D eigenvalue weighted by atomic mass is 10.00. The molecule has 2 heterocycles. The number of hydrogen-bond acceptors (Lipinski definition) is 3. The van der Waals surface area contributed by atoms with E-state index in [1.165, 1.54) is 0 Å². The van der Waals surface area contributed by atoms with Crippen molar-refractivity contribution in [2.45, 2.75) is 12.0 Å². The van der Waals surface area contributed by atoms with Crippen molar-refractivity contribution in [3.05, 3.63) is 18.2 Å². The summed E-state index contributed by atoms with van der Waals surface area (Å²) in [5.74, 6) is 0.829. The zero-order valence-electron chi connectivity index (χ0n) is 6.21. The quantitative estimate of drug-likeness (QED) is 0.596. The van der Waals surface area contributed by atoms with Crippen molar-refractivity contribution in [2.75, 3.05) is 13.2 Å². The van der Waals surface area contributed by atoms with E-state index in [2.05, 4.69) is 9.97 Å². The maximum Gasteiger partial charge on any atom is 0.128 e. The van der Waals surface area contributed by atoms with Gasteiger partial charge in [0.25, 0.3) is 0 Å². The normalized spacial score (nSPS) is 31.0. The van der Waals surface area contributed by atoms with Crippen LogP contribution in [-0.2, 0) is 10.3 Å². The molecule has 60 valence electrons. The second-order valence-electron chi connectivity index (χ2n) is 2.90. The number of aromatic amines is 1. The number of hydrogen-bond donors (Lipinski definition) is 2. The molecule has 1 aromatic rings. The summed E-state index contributed by atoms with van der Waals surface area (Å²) in [5.41, 5.74) is 5.63. The van der Waals surface area contributed by atoms with Crippen molar-refractivity contribution >= 4 is 0 Å². The van der Waals surface area contributed by atoms with E-state index < -0.39 is 0 Å². The molecule has 3 N–H and O–H groups in total. The molecule has 0 bridgehead atoms. The van der Waals surface area contributed by atoms with Crippen LogP contribution in [0.4, 0.5) is 0 Å². The Bertz CT molecular complexity index is 226. The van der Waals surface area contributed by atoms with Crippen molar-refractivity contribution in [3.8, 4) is 0 Å². The van der Waals surface area contributed by atoms with E-state index in [-0.39, 0.29) is 5.54 Å². The minimum Gasteiger partial charge on any atom is -0.379 e.